The summed E-state index contributed by atoms with van der Waals surface area (Å²) < 4.78 is 53.7. The van der Waals surface area contributed by atoms with Crippen molar-refractivity contribution in [2.24, 2.45) is 0 Å². The Labute approximate surface area is 180 Å². The van der Waals surface area contributed by atoms with Gasteiger partial charge < -0.3 is 15.0 Å². The second-order valence-electron chi connectivity index (χ2n) is 7.25. The van der Waals surface area contributed by atoms with Crippen LogP contribution >= 0.6 is 0 Å². The van der Waals surface area contributed by atoms with E-state index in [9.17, 15) is 22.4 Å². The molecule has 1 fully saturated rings. The van der Waals surface area contributed by atoms with Crippen LogP contribution in [0.1, 0.15) is 30.3 Å². The number of nitrogens with zero attached hydrogens (tertiary/aromatic N) is 3. The summed E-state index contributed by atoms with van der Waals surface area (Å²) in [5, 5.41) is 9.81. The highest BCUT2D eigenvalue weighted by atomic mass is 19.4. The number of rotatable bonds is 5. The molecule has 168 valence electrons. The third-order valence-corrected chi connectivity index (χ3v) is 5.04. The number of likely N-dealkylation sites (tertiary alicyclic amines) is 1. The van der Waals surface area contributed by atoms with Gasteiger partial charge in [-0.1, -0.05) is 12.1 Å². The Balaban J connectivity index is 1.37. The maximum absolute atomic E-state index is 13.1. The van der Waals surface area contributed by atoms with Crippen LogP contribution in [0, 0.1) is 5.82 Å². The minimum Gasteiger partial charge on any atom is -0.406 e. The molecule has 0 aliphatic carbocycles. The lowest BCUT2D eigenvalue weighted by atomic mass is 10.2. The van der Waals surface area contributed by atoms with Gasteiger partial charge in [0, 0.05) is 18.7 Å². The molecular formula is C21H19F4N5O2. The normalized spacial score (nSPS) is 16.2. The minimum absolute atomic E-state index is 0.144. The van der Waals surface area contributed by atoms with Gasteiger partial charge in [0.1, 0.15) is 17.4 Å². The van der Waals surface area contributed by atoms with Gasteiger partial charge in [0.25, 0.3) is 0 Å². The van der Waals surface area contributed by atoms with Gasteiger partial charge in [0.05, 0.1) is 6.04 Å². The molecule has 0 spiro atoms. The van der Waals surface area contributed by atoms with Crippen LogP contribution in [0.2, 0.25) is 0 Å². The van der Waals surface area contributed by atoms with Gasteiger partial charge in [-0.3, -0.25) is 5.10 Å². The van der Waals surface area contributed by atoms with Gasteiger partial charge in [-0.25, -0.2) is 14.2 Å². The molecule has 0 saturated carbocycles. The zero-order valence-electron chi connectivity index (χ0n) is 16.7. The van der Waals surface area contributed by atoms with Crippen LogP contribution in [0.4, 0.5) is 22.4 Å². The minimum atomic E-state index is -4.75. The molecule has 7 nitrogen and oxygen atoms in total. The lowest BCUT2D eigenvalue weighted by molar-refractivity contribution is -0.274. The summed E-state index contributed by atoms with van der Waals surface area (Å²) in [5.74, 6) is 0.263. The summed E-state index contributed by atoms with van der Waals surface area (Å²) >= 11 is 0. The number of amides is 2. The van der Waals surface area contributed by atoms with Crippen molar-refractivity contribution in [3.05, 3.63) is 65.7 Å². The molecule has 2 aromatic carbocycles. The fourth-order valence-electron chi connectivity index (χ4n) is 3.53. The fraction of sp³-hybridized carbons (Fsp3) is 0.286. The number of benzene rings is 2. The SMILES string of the molecule is O=C(NCc1ccc(OC(F)(F)F)cc1)N1CCCC1c1nc(-c2ccc(F)cc2)n[nH]1. The number of aromatic amines is 1. The van der Waals surface area contributed by atoms with Crippen LogP contribution in [0.25, 0.3) is 11.4 Å². The first-order valence-electron chi connectivity index (χ1n) is 9.86. The monoisotopic (exact) mass is 449 g/mol. The molecule has 4 rings (SSSR count). The van der Waals surface area contributed by atoms with Crippen LogP contribution < -0.4 is 10.1 Å². The van der Waals surface area contributed by atoms with E-state index in [0.29, 0.717) is 35.7 Å². The Bertz CT molecular complexity index is 1070. The van der Waals surface area contributed by atoms with Crippen molar-refractivity contribution in [3.63, 3.8) is 0 Å². The van der Waals surface area contributed by atoms with Crippen molar-refractivity contribution in [3.8, 4) is 17.1 Å². The highest BCUT2D eigenvalue weighted by Gasteiger charge is 2.33. The highest BCUT2D eigenvalue weighted by Crippen LogP contribution is 2.31. The van der Waals surface area contributed by atoms with Gasteiger partial charge >= 0.3 is 12.4 Å². The summed E-state index contributed by atoms with van der Waals surface area (Å²) in [7, 11) is 0. The summed E-state index contributed by atoms with van der Waals surface area (Å²) in [6.07, 6.45) is -3.26. The van der Waals surface area contributed by atoms with Crippen LogP contribution in [0.15, 0.2) is 48.5 Å². The van der Waals surface area contributed by atoms with Gasteiger partial charge in [0.15, 0.2) is 5.82 Å². The molecule has 11 heteroatoms. The number of carbonyl (C=O) groups excluding carboxylic acids is 1. The third kappa shape index (κ3) is 5.16. The third-order valence-electron chi connectivity index (χ3n) is 5.04. The standard InChI is InChI=1S/C21H19F4N5O2/c22-15-7-5-14(6-8-15)18-27-19(29-28-18)17-2-1-11-30(17)20(31)26-12-13-3-9-16(10-4-13)32-21(23,24)25/h3-10,17H,1-2,11-12H2,(H,26,31)(H,27,28,29). The summed E-state index contributed by atoms with van der Waals surface area (Å²) in [4.78, 5) is 18.8. The number of nitrogens with one attached hydrogen (secondary N) is 2. The molecule has 2 amide bonds. The molecule has 0 bridgehead atoms. The van der Waals surface area contributed by atoms with Crippen LogP contribution in [0.3, 0.4) is 0 Å². The van der Waals surface area contributed by atoms with Crippen LogP contribution in [0.5, 0.6) is 5.75 Å². The predicted molar refractivity (Wildman–Crippen MR) is 106 cm³/mol. The second kappa shape index (κ2) is 8.85. The van der Waals surface area contributed by atoms with Gasteiger partial charge in [0.2, 0.25) is 0 Å². The number of halogens is 4. The Hall–Kier alpha value is -3.63. The van der Waals surface area contributed by atoms with Crippen molar-refractivity contribution in [1.82, 2.24) is 25.4 Å². The van der Waals surface area contributed by atoms with Crippen molar-refractivity contribution < 1.29 is 27.1 Å². The number of urea groups is 1. The van der Waals surface area contributed by atoms with Crippen molar-refractivity contribution in [1.29, 1.82) is 0 Å². The highest BCUT2D eigenvalue weighted by molar-refractivity contribution is 5.75. The number of ether oxygens (including phenoxy) is 1. The fourth-order valence-corrected chi connectivity index (χ4v) is 3.53. The molecular weight excluding hydrogens is 430 g/mol. The first-order valence-corrected chi connectivity index (χ1v) is 9.86. The van der Waals surface area contributed by atoms with E-state index in [1.807, 2.05) is 0 Å². The summed E-state index contributed by atoms with van der Waals surface area (Å²) in [5.41, 5.74) is 1.28. The summed E-state index contributed by atoms with van der Waals surface area (Å²) in [6.45, 7) is 0.674. The largest absolute Gasteiger partial charge is 0.573 e. The molecule has 1 atom stereocenters. The molecule has 1 aliphatic rings. The van der Waals surface area contributed by atoms with Crippen molar-refractivity contribution in [2.75, 3.05) is 6.54 Å². The first-order chi connectivity index (χ1) is 15.3. The zero-order chi connectivity index (χ0) is 22.7. The van der Waals surface area contributed by atoms with E-state index in [0.717, 1.165) is 6.42 Å². The second-order valence-corrected chi connectivity index (χ2v) is 7.25. The molecule has 2 heterocycles. The number of carbonyl (C=O) groups is 1. The molecule has 1 saturated heterocycles. The number of hydrogen-bond acceptors (Lipinski definition) is 4. The number of H-pyrrole nitrogens is 1. The van der Waals surface area contributed by atoms with E-state index in [1.54, 1.807) is 17.0 Å². The lowest BCUT2D eigenvalue weighted by Crippen LogP contribution is -2.39. The Kier molecular flexibility index (Phi) is 5.97. The molecule has 3 aromatic rings. The lowest BCUT2D eigenvalue weighted by Gasteiger charge is -2.23. The van der Waals surface area contributed by atoms with Crippen LogP contribution in [-0.4, -0.2) is 39.0 Å². The Morgan fingerprint density at radius 1 is 1.16 bits per heavy atom. The average molecular weight is 449 g/mol. The Morgan fingerprint density at radius 3 is 2.56 bits per heavy atom. The molecule has 1 aromatic heterocycles. The Morgan fingerprint density at radius 2 is 1.88 bits per heavy atom. The smallest absolute Gasteiger partial charge is 0.406 e. The topological polar surface area (TPSA) is 83.1 Å². The molecule has 1 unspecified atom stereocenters. The van der Waals surface area contributed by atoms with E-state index >= 15 is 0 Å². The maximum atomic E-state index is 13.1. The summed E-state index contributed by atoms with van der Waals surface area (Å²) in [6, 6.07) is 10.5. The van der Waals surface area contributed by atoms with E-state index in [4.69, 9.17) is 0 Å². The average Bonchev–Trinajstić information content (AvgIpc) is 3.42. The molecule has 0 radical (unpaired) electrons. The van der Waals surface area contributed by atoms with Gasteiger partial charge in [-0.05, 0) is 54.8 Å². The predicted octanol–water partition coefficient (Wildman–Crippen LogP) is 4.56. The van der Waals surface area contributed by atoms with Gasteiger partial charge in [-0.15, -0.1) is 13.2 Å². The van der Waals surface area contributed by atoms with E-state index < -0.39 is 6.36 Å². The van der Waals surface area contributed by atoms with Crippen molar-refractivity contribution >= 4 is 6.03 Å². The maximum Gasteiger partial charge on any atom is 0.573 e. The molecule has 2 N–H and O–H groups in total. The number of alkyl halides is 3. The number of aromatic nitrogens is 3. The molecule has 32 heavy (non-hydrogen) atoms. The van der Waals surface area contributed by atoms with Gasteiger partial charge in [-0.2, -0.15) is 5.10 Å². The van der Waals surface area contributed by atoms with E-state index in [-0.39, 0.29) is 30.2 Å². The first kappa shape index (κ1) is 21.6. The molecule has 1 aliphatic heterocycles. The number of hydrogen-bond donors (Lipinski definition) is 2. The van der Waals surface area contributed by atoms with E-state index in [2.05, 4.69) is 25.2 Å². The zero-order valence-corrected chi connectivity index (χ0v) is 16.7. The quantitative estimate of drug-likeness (QED) is 0.560. The van der Waals surface area contributed by atoms with Crippen molar-refractivity contribution in [2.45, 2.75) is 31.8 Å². The van der Waals surface area contributed by atoms with Crippen LogP contribution in [-0.2, 0) is 6.54 Å². The van der Waals surface area contributed by atoms with E-state index in [1.165, 1.54) is 36.4 Å².